The van der Waals surface area contributed by atoms with Crippen molar-refractivity contribution >= 4 is 17.8 Å². The molecule has 6 nitrogen and oxygen atoms in total. The third kappa shape index (κ3) is 13.4. The van der Waals surface area contributed by atoms with Crippen LogP contribution in [0.25, 0.3) is 0 Å². The molecule has 0 aliphatic rings. The Morgan fingerprint density at radius 3 is 1.36 bits per heavy atom. The molecule has 6 heteroatoms. The average molecular weight is 315 g/mol. The first-order chi connectivity index (χ1) is 10.4. The molecule has 0 heterocycles. The van der Waals surface area contributed by atoms with Crippen molar-refractivity contribution in [2.24, 2.45) is 0 Å². The fourth-order valence-corrected chi connectivity index (χ4v) is 2.29. The molecular formula is C16H29NO5. The topological polar surface area (TPSA) is 94.9 Å². The Kier molecular flexibility index (Phi) is 12.2. The predicted octanol–water partition coefficient (Wildman–Crippen LogP) is 2.91. The molecule has 0 radical (unpaired) electrons. The molecule has 0 saturated carbocycles. The fraction of sp³-hybridized carbons (Fsp3) is 0.812. The van der Waals surface area contributed by atoms with Crippen molar-refractivity contribution in [3.63, 3.8) is 0 Å². The van der Waals surface area contributed by atoms with Crippen molar-refractivity contribution in [1.82, 2.24) is 4.90 Å². The highest BCUT2D eigenvalue weighted by Crippen LogP contribution is 2.08. The Labute approximate surface area is 132 Å². The van der Waals surface area contributed by atoms with E-state index in [0.29, 0.717) is 12.8 Å². The number of carboxylic acid groups (broad SMARTS) is 2. The number of carboxylic acids is 2. The molecule has 128 valence electrons. The molecule has 1 amide bonds. The monoisotopic (exact) mass is 315 g/mol. The lowest BCUT2D eigenvalue weighted by Gasteiger charge is -2.21. The molecule has 0 saturated heterocycles. The van der Waals surface area contributed by atoms with Crippen molar-refractivity contribution in [3.05, 3.63) is 0 Å². The van der Waals surface area contributed by atoms with Gasteiger partial charge in [-0.1, -0.05) is 25.7 Å². The lowest BCUT2D eigenvalue weighted by molar-refractivity contribution is -0.138. The quantitative estimate of drug-likeness (QED) is 0.481. The van der Waals surface area contributed by atoms with Crippen molar-refractivity contribution in [1.29, 1.82) is 0 Å². The normalized spacial score (nSPS) is 10.4. The third-order valence-corrected chi connectivity index (χ3v) is 3.58. The summed E-state index contributed by atoms with van der Waals surface area (Å²) in [4.78, 5) is 34.1. The van der Waals surface area contributed by atoms with Crippen molar-refractivity contribution < 1.29 is 24.6 Å². The third-order valence-electron chi connectivity index (χ3n) is 3.58. The minimum absolute atomic E-state index is 0.0658. The number of carbonyl (C=O) groups is 3. The van der Waals surface area contributed by atoms with E-state index in [2.05, 4.69) is 0 Å². The van der Waals surface area contributed by atoms with E-state index in [0.717, 1.165) is 51.6 Å². The summed E-state index contributed by atoms with van der Waals surface area (Å²) in [6.45, 7) is 3.00. The van der Waals surface area contributed by atoms with E-state index in [-0.39, 0.29) is 18.7 Å². The summed E-state index contributed by atoms with van der Waals surface area (Å²) in [5.74, 6) is -1.45. The molecule has 0 atom stereocenters. The van der Waals surface area contributed by atoms with Crippen molar-refractivity contribution in [2.45, 2.75) is 71.1 Å². The van der Waals surface area contributed by atoms with Crippen LogP contribution in [0.3, 0.4) is 0 Å². The van der Waals surface area contributed by atoms with E-state index >= 15 is 0 Å². The number of amides is 1. The van der Waals surface area contributed by atoms with Crippen LogP contribution in [0.1, 0.15) is 71.1 Å². The molecule has 2 N–H and O–H groups in total. The van der Waals surface area contributed by atoms with Gasteiger partial charge >= 0.3 is 11.9 Å². The zero-order valence-corrected chi connectivity index (χ0v) is 13.6. The molecule has 0 aromatic carbocycles. The summed E-state index contributed by atoms with van der Waals surface area (Å²) in [6, 6.07) is 0. The van der Waals surface area contributed by atoms with Crippen molar-refractivity contribution in [2.75, 3.05) is 13.1 Å². The fourth-order valence-electron chi connectivity index (χ4n) is 2.29. The summed E-state index contributed by atoms with van der Waals surface area (Å²) in [5.41, 5.74) is 0. The van der Waals surface area contributed by atoms with E-state index in [4.69, 9.17) is 10.2 Å². The zero-order valence-electron chi connectivity index (χ0n) is 13.6. The highest BCUT2D eigenvalue weighted by molar-refractivity contribution is 5.73. The van der Waals surface area contributed by atoms with Crippen LogP contribution in [0.4, 0.5) is 0 Å². The molecule has 0 aliphatic carbocycles. The number of hydrogen-bond donors (Lipinski definition) is 2. The van der Waals surface area contributed by atoms with Crippen LogP contribution in [-0.4, -0.2) is 46.0 Å². The Morgan fingerprint density at radius 2 is 1.05 bits per heavy atom. The minimum Gasteiger partial charge on any atom is -0.481 e. The maximum Gasteiger partial charge on any atom is 0.303 e. The van der Waals surface area contributed by atoms with Crippen LogP contribution >= 0.6 is 0 Å². The second-order valence-corrected chi connectivity index (χ2v) is 5.62. The van der Waals surface area contributed by atoms with Gasteiger partial charge in [-0.25, -0.2) is 0 Å². The summed E-state index contributed by atoms with van der Waals surface area (Å²) in [7, 11) is 0. The molecule has 0 spiro atoms. The SMILES string of the molecule is CC(=O)N(CCCCCCC(=O)O)CCCCCCC(=O)O. The van der Waals surface area contributed by atoms with Gasteiger partial charge in [-0.2, -0.15) is 0 Å². The first-order valence-corrected chi connectivity index (χ1v) is 8.12. The molecule has 22 heavy (non-hydrogen) atoms. The van der Waals surface area contributed by atoms with Gasteiger partial charge in [0.25, 0.3) is 0 Å². The van der Waals surface area contributed by atoms with Gasteiger partial charge in [0.05, 0.1) is 0 Å². The van der Waals surface area contributed by atoms with Gasteiger partial charge in [-0.15, -0.1) is 0 Å². The summed E-state index contributed by atoms with van der Waals surface area (Å²) >= 11 is 0. The van der Waals surface area contributed by atoms with Crippen LogP contribution in [0.15, 0.2) is 0 Å². The van der Waals surface area contributed by atoms with Gasteiger partial charge in [-0.3, -0.25) is 14.4 Å². The van der Waals surface area contributed by atoms with Crippen LogP contribution < -0.4 is 0 Å². The van der Waals surface area contributed by atoms with Gasteiger partial charge in [0.2, 0.25) is 5.91 Å². The van der Waals surface area contributed by atoms with Gasteiger partial charge < -0.3 is 15.1 Å². The average Bonchev–Trinajstić information content (AvgIpc) is 2.42. The standard InChI is InChI=1S/C16H29NO5/c1-14(18)17(12-8-4-2-6-10-15(19)20)13-9-5-3-7-11-16(21)22/h2-13H2,1H3,(H,19,20)(H,21,22). The second-order valence-electron chi connectivity index (χ2n) is 5.62. The van der Waals surface area contributed by atoms with Crippen LogP contribution in [0.2, 0.25) is 0 Å². The molecular weight excluding hydrogens is 286 g/mol. The molecule has 0 aliphatic heterocycles. The molecule has 0 aromatic heterocycles. The summed E-state index contributed by atoms with van der Waals surface area (Å²) in [6.07, 6.45) is 7.26. The second kappa shape index (κ2) is 13.1. The minimum atomic E-state index is -0.756. The Balaban J connectivity index is 3.63. The lowest BCUT2D eigenvalue weighted by Crippen LogP contribution is -2.30. The number of rotatable bonds is 14. The summed E-state index contributed by atoms with van der Waals surface area (Å²) < 4.78 is 0. The smallest absolute Gasteiger partial charge is 0.303 e. The predicted molar refractivity (Wildman–Crippen MR) is 83.7 cm³/mol. The highest BCUT2D eigenvalue weighted by atomic mass is 16.4. The van der Waals surface area contributed by atoms with Crippen LogP contribution in [-0.2, 0) is 14.4 Å². The number of aliphatic carboxylic acids is 2. The van der Waals surface area contributed by atoms with E-state index in [1.807, 2.05) is 4.90 Å². The Bertz CT molecular complexity index is 317. The molecule has 0 aromatic rings. The van der Waals surface area contributed by atoms with Gasteiger partial charge in [0.15, 0.2) is 0 Å². The molecule has 0 rings (SSSR count). The summed E-state index contributed by atoms with van der Waals surface area (Å²) in [5, 5.41) is 17.1. The zero-order chi connectivity index (χ0) is 16.8. The van der Waals surface area contributed by atoms with E-state index in [1.54, 1.807) is 6.92 Å². The number of hydrogen-bond acceptors (Lipinski definition) is 3. The largest absolute Gasteiger partial charge is 0.481 e. The Hall–Kier alpha value is -1.59. The van der Waals surface area contributed by atoms with Crippen LogP contribution in [0, 0.1) is 0 Å². The van der Waals surface area contributed by atoms with Gasteiger partial charge in [-0.05, 0) is 25.7 Å². The maximum atomic E-state index is 11.5. The van der Waals surface area contributed by atoms with Gasteiger partial charge in [0.1, 0.15) is 0 Å². The lowest BCUT2D eigenvalue weighted by atomic mass is 10.1. The first kappa shape index (κ1) is 20.4. The van der Waals surface area contributed by atoms with Gasteiger partial charge in [0, 0.05) is 32.9 Å². The number of nitrogens with zero attached hydrogens (tertiary/aromatic N) is 1. The molecule has 0 unspecified atom stereocenters. The van der Waals surface area contributed by atoms with E-state index in [1.165, 1.54) is 0 Å². The van der Waals surface area contributed by atoms with E-state index in [9.17, 15) is 14.4 Å². The Morgan fingerprint density at radius 1 is 0.682 bits per heavy atom. The molecule has 0 fully saturated rings. The number of carbonyl (C=O) groups excluding carboxylic acids is 1. The number of unbranched alkanes of at least 4 members (excludes halogenated alkanes) is 6. The maximum absolute atomic E-state index is 11.5. The van der Waals surface area contributed by atoms with Crippen molar-refractivity contribution in [3.8, 4) is 0 Å². The molecule has 0 bridgehead atoms. The first-order valence-electron chi connectivity index (χ1n) is 8.12. The van der Waals surface area contributed by atoms with Crippen LogP contribution in [0.5, 0.6) is 0 Å². The highest BCUT2D eigenvalue weighted by Gasteiger charge is 2.08. The van der Waals surface area contributed by atoms with E-state index < -0.39 is 11.9 Å².